The van der Waals surface area contributed by atoms with Crippen LogP contribution < -0.4 is 9.47 Å². The van der Waals surface area contributed by atoms with Gasteiger partial charge in [-0.25, -0.2) is 0 Å². The number of benzene rings is 1. The Morgan fingerprint density at radius 1 is 1.10 bits per heavy atom. The van der Waals surface area contributed by atoms with Crippen molar-refractivity contribution in [2.45, 2.75) is 12.6 Å². The van der Waals surface area contributed by atoms with Gasteiger partial charge in [-0.15, -0.1) is 0 Å². The van der Waals surface area contributed by atoms with Gasteiger partial charge in [0.15, 0.2) is 11.5 Å². The number of hydrogen-bond donors (Lipinski definition) is 1. The van der Waals surface area contributed by atoms with E-state index in [0.29, 0.717) is 28.5 Å². The maximum Gasteiger partial charge on any atom is 0.296 e. The number of aliphatic hydroxyl groups excluding tert-OH is 1. The second kappa shape index (κ2) is 8.35. The first-order chi connectivity index (χ1) is 15.0. The van der Waals surface area contributed by atoms with Crippen LogP contribution in [0.1, 0.15) is 23.1 Å². The molecule has 4 rings (SSSR count). The zero-order valence-electron chi connectivity index (χ0n) is 16.9. The van der Waals surface area contributed by atoms with E-state index in [4.69, 9.17) is 13.9 Å². The van der Waals surface area contributed by atoms with E-state index in [9.17, 15) is 14.7 Å². The molecule has 3 aromatic rings. The number of nitrogens with zero attached hydrogens (tertiary/aromatic N) is 2. The molecule has 1 saturated heterocycles. The zero-order chi connectivity index (χ0) is 22.0. The first kappa shape index (κ1) is 20.2. The number of ketones is 1. The number of amides is 1. The minimum atomic E-state index is -0.876. The summed E-state index contributed by atoms with van der Waals surface area (Å²) in [5.74, 6) is -0.501. The van der Waals surface area contributed by atoms with Gasteiger partial charge in [-0.1, -0.05) is 6.07 Å². The lowest BCUT2D eigenvalue weighted by Crippen LogP contribution is -2.29. The van der Waals surface area contributed by atoms with Crippen LogP contribution in [-0.2, 0) is 16.1 Å². The topological polar surface area (TPSA) is 102 Å². The van der Waals surface area contributed by atoms with Gasteiger partial charge in [0.05, 0.1) is 38.3 Å². The molecule has 8 nitrogen and oxygen atoms in total. The average molecular weight is 420 g/mol. The number of methoxy groups -OCH3 is 2. The molecular weight excluding hydrogens is 400 g/mol. The van der Waals surface area contributed by atoms with E-state index in [1.54, 1.807) is 54.7 Å². The molecule has 1 aromatic carbocycles. The second-order valence-corrected chi connectivity index (χ2v) is 6.83. The highest BCUT2D eigenvalue weighted by molar-refractivity contribution is 6.46. The standard InChI is InChI=1S/C23H20N2O6/c1-29-17-9-8-14(12-18(17)30-2)21(26)19-20(16-7-3-4-10-24-16)25(23(28)22(19)27)13-15-6-5-11-31-15/h3-12,20,26H,13H2,1-2H3/b21-19-. The summed E-state index contributed by atoms with van der Waals surface area (Å²) in [6.45, 7) is 0.0571. The summed E-state index contributed by atoms with van der Waals surface area (Å²) in [7, 11) is 2.97. The summed E-state index contributed by atoms with van der Waals surface area (Å²) in [6, 6.07) is 12.5. The molecule has 1 aliphatic heterocycles. The van der Waals surface area contributed by atoms with Gasteiger partial charge in [-0.3, -0.25) is 14.6 Å². The van der Waals surface area contributed by atoms with E-state index in [1.165, 1.54) is 25.4 Å². The highest BCUT2D eigenvalue weighted by Gasteiger charge is 2.47. The van der Waals surface area contributed by atoms with Crippen LogP contribution in [0.4, 0.5) is 0 Å². The normalized spacial score (nSPS) is 17.7. The summed E-state index contributed by atoms with van der Waals surface area (Å²) in [4.78, 5) is 31.6. The van der Waals surface area contributed by atoms with Crippen LogP contribution in [-0.4, -0.2) is 40.9 Å². The zero-order valence-corrected chi connectivity index (χ0v) is 16.9. The van der Waals surface area contributed by atoms with Crippen molar-refractivity contribution in [3.8, 4) is 11.5 Å². The molecule has 1 N–H and O–H groups in total. The third-order valence-electron chi connectivity index (χ3n) is 5.07. The first-order valence-corrected chi connectivity index (χ1v) is 9.49. The van der Waals surface area contributed by atoms with Crippen molar-refractivity contribution in [2.24, 2.45) is 0 Å². The molecule has 158 valence electrons. The Morgan fingerprint density at radius 3 is 2.55 bits per heavy atom. The summed E-state index contributed by atoms with van der Waals surface area (Å²) < 4.78 is 15.9. The third-order valence-corrected chi connectivity index (χ3v) is 5.07. The van der Waals surface area contributed by atoms with Gasteiger partial charge in [0.1, 0.15) is 17.6 Å². The predicted molar refractivity (Wildman–Crippen MR) is 110 cm³/mol. The molecular formula is C23H20N2O6. The molecule has 0 radical (unpaired) electrons. The Hall–Kier alpha value is -4.07. The number of carbonyl (C=O) groups excluding carboxylic acids is 2. The van der Waals surface area contributed by atoms with Crippen molar-refractivity contribution < 1.29 is 28.6 Å². The van der Waals surface area contributed by atoms with Crippen LogP contribution in [0.2, 0.25) is 0 Å². The summed E-state index contributed by atoms with van der Waals surface area (Å²) in [6.07, 6.45) is 3.06. The molecule has 1 aliphatic rings. The van der Waals surface area contributed by atoms with Crippen LogP contribution in [0.25, 0.3) is 5.76 Å². The summed E-state index contributed by atoms with van der Waals surface area (Å²) in [5.41, 5.74) is 0.715. The maximum atomic E-state index is 13.0. The van der Waals surface area contributed by atoms with Crippen LogP contribution >= 0.6 is 0 Å². The van der Waals surface area contributed by atoms with E-state index in [2.05, 4.69) is 4.98 Å². The molecule has 0 spiro atoms. The average Bonchev–Trinajstić information content (AvgIpc) is 3.41. The fourth-order valence-electron chi connectivity index (χ4n) is 3.60. The van der Waals surface area contributed by atoms with E-state index < -0.39 is 17.7 Å². The van der Waals surface area contributed by atoms with E-state index in [-0.39, 0.29) is 17.9 Å². The van der Waals surface area contributed by atoms with Crippen molar-refractivity contribution in [3.05, 3.63) is 83.6 Å². The first-order valence-electron chi connectivity index (χ1n) is 9.49. The van der Waals surface area contributed by atoms with Crippen LogP contribution in [0.3, 0.4) is 0 Å². The number of carbonyl (C=O) groups is 2. The number of aromatic nitrogens is 1. The summed E-state index contributed by atoms with van der Waals surface area (Å²) in [5, 5.41) is 11.1. The lowest BCUT2D eigenvalue weighted by atomic mass is 9.98. The van der Waals surface area contributed by atoms with Crippen molar-refractivity contribution >= 4 is 17.4 Å². The molecule has 1 atom stereocenters. The minimum Gasteiger partial charge on any atom is -0.507 e. The predicted octanol–water partition coefficient (Wildman–Crippen LogP) is 3.31. The highest BCUT2D eigenvalue weighted by atomic mass is 16.5. The Bertz CT molecular complexity index is 1140. The third kappa shape index (κ3) is 3.63. The van der Waals surface area contributed by atoms with Gasteiger partial charge in [0, 0.05) is 11.8 Å². The molecule has 2 aromatic heterocycles. The number of furan rings is 1. The summed E-state index contributed by atoms with van der Waals surface area (Å²) >= 11 is 0. The molecule has 0 aliphatic carbocycles. The van der Waals surface area contributed by atoms with Gasteiger partial charge in [-0.05, 0) is 42.5 Å². The van der Waals surface area contributed by atoms with E-state index >= 15 is 0 Å². The molecule has 8 heteroatoms. The SMILES string of the molecule is COc1ccc(/C(O)=C2/C(=O)C(=O)N(Cc3ccco3)C2c2ccccn2)cc1OC. The van der Waals surface area contributed by atoms with Gasteiger partial charge in [0.25, 0.3) is 11.7 Å². The van der Waals surface area contributed by atoms with Gasteiger partial charge >= 0.3 is 0 Å². The van der Waals surface area contributed by atoms with Crippen molar-refractivity contribution in [1.82, 2.24) is 9.88 Å². The van der Waals surface area contributed by atoms with Crippen molar-refractivity contribution in [1.29, 1.82) is 0 Å². The maximum absolute atomic E-state index is 13.0. The smallest absolute Gasteiger partial charge is 0.296 e. The van der Waals surface area contributed by atoms with Gasteiger partial charge in [0.2, 0.25) is 0 Å². The number of rotatable bonds is 6. The largest absolute Gasteiger partial charge is 0.507 e. The fourth-order valence-corrected chi connectivity index (χ4v) is 3.60. The van der Waals surface area contributed by atoms with Crippen molar-refractivity contribution in [2.75, 3.05) is 14.2 Å². The molecule has 31 heavy (non-hydrogen) atoms. The van der Waals surface area contributed by atoms with Gasteiger partial charge in [-0.2, -0.15) is 0 Å². The number of ether oxygens (including phenoxy) is 2. The Kier molecular flexibility index (Phi) is 5.44. The van der Waals surface area contributed by atoms with E-state index in [1.807, 2.05) is 0 Å². The second-order valence-electron chi connectivity index (χ2n) is 6.83. The van der Waals surface area contributed by atoms with Crippen molar-refractivity contribution in [3.63, 3.8) is 0 Å². The number of likely N-dealkylation sites (tertiary alicyclic amines) is 1. The number of aliphatic hydroxyl groups is 1. The number of Topliss-reactive ketones (excluding diaryl/α,β-unsaturated/α-hetero) is 1. The van der Waals surface area contributed by atoms with Crippen LogP contribution in [0, 0.1) is 0 Å². The fraction of sp³-hybridized carbons (Fsp3) is 0.174. The molecule has 0 saturated carbocycles. The quantitative estimate of drug-likeness (QED) is 0.371. The Morgan fingerprint density at radius 2 is 1.90 bits per heavy atom. The molecule has 3 heterocycles. The number of hydrogen-bond acceptors (Lipinski definition) is 7. The van der Waals surface area contributed by atoms with Crippen LogP contribution in [0.5, 0.6) is 11.5 Å². The molecule has 0 bridgehead atoms. The molecule has 1 unspecified atom stereocenters. The van der Waals surface area contributed by atoms with E-state index in [0.717, 1.165) is 0 Å². The van der Waals surface area contributed by atoms with Crippen LogP contribution in [0.15, 0.2) is 71.0 Å². The minimum absolute atomic E-state index is 0.0533. The lowest BCUT2D eigenvalue weighted by molar-refractivity contribution is -0.140. The molecule has 1 fully saturated rings. The lowest BCUT2D eigenvalue weighted by Gasteiger charge is -2.23. The van der Waals surface area contributed by atoms with Gasteiger partial charge < -0.3 is 23.9 Å². The monoisotopic (exact) mass is 420 g/mol. The number of pyridine rings is 1. The Labute approximate surface area is 178 Å². The molecule has 1 amide bonds. The highest BCUT2D eigenvalue weighted by Crippen LogP contribution is 2.40. The Balaban J connectivity index is 1.86.